The highest BCUT2D eigenvalue weighted by molar-refractivity contribution is 5.28. The van der Waals surface area contributed by atoms with E-state index in [0.29, 0.717) is 0 Å². The first-order chi connectivity index (χ1) is 3.88. The third-order valence-electron chi connectivity index (χ3n) is 1.57. The number of hydrogen-bond donors (Lipinski definition) is 0. The van der Waals surface area contributed by atoms with Gasteiger partial charge < -0.3 is 0 Å². The molecule has 0 amide bonds. The van der Waals surface area contributed by atoms with E-state index < -0.39 is 0 Å². The second-order valence-electron chi connectivity index (χ2n) is 2.20. The minimum absolute atomic E-state index is 0.810. The van der Waals surface area contributed by atoms with E-state index in [-0.39, 0.29) is 0 Å². The van der Waals surface area contributed by atoms with Crippen LogP contribution in [0.5, 0.6) is 0 Å². The lowest BCUT2D eigenvalue weighted by Crippen LogP contribution is -1.58. The fourth-order valence-electron chi connectivity index (χ4n) is 0.951. The van der Waals surface area contributed by atoms with Crippen LogP contribution in [0, 0.1) is 5.92 Å². The highest BCUT2D eigenvalue weighted by Crippen LogP contribution is 2.38. The SMILES string of the molecule is CC=CC1CC1=CC. The van der Waals surface area contributed by atoms with Crippen LogP contribution in [0.2, 0.25) is 0 Å². The average molecular weight is 108 g/mol. The van der Waals surface area contributed by atoms with Crippen molar-refractivity contribution in [2.24, 2.45) is 5.92 Å². The first-order valence-electron chi connectivity index (χ1n) is 3.16. The van der Waals surface area contributed by atoms with Crippen molar-refractivity contribution in [3.8, 4) is 0 Å². The second-order valence-corrected chi connectivity index (χ2v) is 2.20. The van der Waals surface area contributed by atoms with Gasteiger partial charge in [-0.3, -0.25) is 0 Å². The Morgan fingerprint density at radius 1 is 1.50 bits per heavy atom. The summed E-state index contributed by atoms with van der Waals surface area (Å²) in [5.74, 6) is 0.810. The smallest absolute Gasteiger partial charge is 0.00142 e. The molecule has 1 unspecified atom stereocenters. The van der Waals surface area contributed by atoms with Crippen molar-refractivity contribution in [1.82, 2.24) is 0 Å². The van der Waals surface area contributed by atoms with Crippen molar-refractivity contribution < 1.29 is 0 Å². The van der Waals surface area contributed by atoms with E-state index in [2.05, 4.69) is 32.1 Å². The Morgan fingerprint density at radius 3 is 2.62 bits per heavy atom. The van der Waals surface area contributed by atoms with Gasteiger partial charge in [0.25, 0.3) is 0 Å². The standard InChI is InChI=1S/C8H12/c1-3-5-8-6-7(8)4-2/h3-5,8H,6H2,1-2H3. The summed E-state index contributed by atoms with van der Waals surface area (Å²) in [4.78, 5) is 0. The van der Waals surface area contributed by atoms with Gasteiger partial charge in [0, 0.05) is 5.92 Å². The van der Waals surface area contributed by atoms with E-state index >= 15 is 0 Å². The molecule has 0 spiro atoms. The third-order valence-corrected chi connectivity index (χ3v) is 1.57. The quantitative estimate of drug-likeness (QED) is 0.453. The van der Waals surface area contributed by atoms with E-state index in [0.717, 1.165) is 5.92 Å². The van der Waals surface area contributed by atoms with E-state index in [4.69, 9.17) is 0 Å². The van der Waals surface area contributed by atoms with Crippen LogP contribution in [-0.2, 0) is 0 Å². The Labute approximate surface area is 50.9 Å². The summed E-state index contributed by atoms with van der Waals surface area (Å²) in [6.07, 6.45) is 7.90. The van der Waals surface area contributed by atoms with E-state index in [9.17, 15) is 0 Å². The van der Waals surface area contributed by atoms with Crippen LogP contribution < -0.4 is 0 Å². The molecular formula is C8H12. The molecule has 1 atom stereocenters. The molecule has 0 N–H and O–H groups in total. The maximum Gasteiger partial charge on any atom is 0.00142 e. The van der Waals surface area contributed by atoms with Crippen LogP contribution in [0.15, 0.2) is 23.8 Å². The predicted molar refractivity (Wildman–Crippen MR) is 36.7 cm³/mol. The summed E-state index contributed by atoms with van der Waals surface area (Å²) in [5, 5.41) is 0. The summed E-state index contributed by atoms with van der Waals surface area (Å²) in [6, 6.07) is 0. The lowest BCUT2D eigenvalue weighted by atomic mass is 10.3. The molecule has 0 aromatic rings. The Morgan fingerprint density at radius 2 is 2.25 bits per heavy atom. The summed E-state index contributed by atoms with van der Waals surface area (Å²) in [6.45, 7) is 4.18. The van der Waals surface area contributed by atoms with Gasteiger partial charge in [0.1, 0.15) is 0 Å². The van der Waals surface area contributed by atoms with E-state index in [1.54, 1.807) is 5.57 Å². The zero-order chi connectivity index (χ0) is 5.98. The summed E-state index contributed by atoms with van der Waals surface area (Å²) in [7, 11) is 0. The van der Waals surface area contributed by atoms with Crippen LogP contribution in [-0.4, -0.2) is 0 Å². The van der Waals surface area contributed by atoms with Crippen molar-refractivity contribution in [2.75, 3.05) is 0 Å². The molecule has 0 aliphatic heterocycles. The lowest BCUT2D eigenvalue weighted by molar-refractivity contribution is 1.15. The molecule has 0 heterocycles. The molecule has 1 saturated carbocycles. The van der Waals surface area contributed by atoms with Gasteiger partial charge in [0.2, 0.25) is 0 Å². The summed E-state index contributed by atoms with van der Waals surface area (Å²) >= 11 is 0. The average Bonchev–Trinajstić information content (AvgIpc) is 2.48. The minimum Gasteiger partial charge on any atom is -0.0910 e. The Balaban J connectivity index is 2.37. The molecule has 1 aliphatic rings. The van der Waals surface area contributed by atoms with Crippen molar-refractivity contribution in [2.45, 2.75) is 20.3 Å². The second kappa shape index (κ2) is 2.17. The third kappa shape index (κ3) is 1.00. The maximum atomic E-state index is 2.26. The van der Waals surface area contributed by atoms with Crippen LogP contribution in [0.4, 0.5) is 0 Å². The van der Waals surface area contributed by atoms with Gasteiger partial charge in [-0.25, -0.2) is 0 Å². The fourth-order valence-corrected chi connectivity index (χ4v) is 0.951. The van der Waals surface area contributed by atoms with Crippen molar-refractivity contribution in [3.63, 3.8) is 0 Å². The molecular weight excluding hydrogens is 96.1 g/mol. The molecule has 0 bridgehead atoms. The topological polar surface area (TPSA) is 0 Å². The zero-order valence-corrected chi connectivity index (χ0v) is 5.52. The van der Waals surface area contributed by atoms with E-state index in [1.165, 1.54) is 6.42 Å². The number of hydrogen-bond acceptors (Lipinski definition) is 0. The minimum atomic E-state index is 0.810. The van der Waals surface area contributed by atoms with Gasteiger partial charge in [-0.05, 0) is 20.3 Å². The van der Waals surface area contributed by atoms with Crippen LogP contribution in [0.1, 0.15) is 20.3 Å². The van der Waals surface area contributed by atoms with E-state index in [1.807, 2.05) is 0 Å². The van der Waals surface area contributed by atoms with Gasteiger partial charge in [-0.1, -0.05) is 23.8 Å². The molecule has 0 radical (unpaired) electrons. The first kappa shape index (κ1) is 5.61. The molecule has 1 aliphatic carbocycles. The molecule has 0 nitrogen and oxygen atoms in total. The predicted octanol–water partition coefficient (Wildman–Crippen LogP) is 2.53. The first-order valence-corrected chi connectivity index (χ1v) is 3.16. The fraction of sp³-hybridized carbons (Fsp3) is 0.500. The van der Waals surface area contributed by atoms with Crippen molar-refractivity contribution in [1.29, 1.82) is 0 Å². The van der Waals surface area contributed by atoms with Crippen molar-refractivity contribution in [3.05, 3.63) is 23.8 Å². The Hall–Kier alpha value is -0.520. The van der Waals surface area contributed by atoms with Crippen LogP contribution in [0.3, 0.4) is 0 Å². The largest absolute Gasteiger partial charge is 0.0910 e. The molecule has 8 heavy (non-hydrogen) atoms. The highest BCUT2D eigenvalue weighted by Gasteiger charge is 2.24. The molecule has 0 saturated heterocycles. The van der Waals surface area contributed by atoms with Gasteiger partial charge >= 0.3 is 0 Å². The maximum absolute atomic E-state index is 2.26. The van der Waals surface area contributed by atoms with Gasteiger partial charge in [-0.15, -0.1) is 0 Å². The zero-order valence-electron chi connectivity index (χ0n) is 5.52. The molecule has 44 valence electrons. The summed E-state index contributed by atoms with van der Waals surface area (Å²) < 4.78 is 0. The highest BCUT2D eigenvalue weighted by atomic mass is 14.3. The van der Waals surface area contributed by atoms with Crippen molar-refractivity contribution >= 4 is 0 Å². The van der Waals surface area contributed by atoms with Gasteiger partial charge in [-0.2, -0.15) is 0 Å². The Kier molecular flexibility index (Phi) is 1.52. The van der Waals surface area contributed by atoms with Crippen LogP contribution in [0.25, 0.3) is 0 Å². The number of rotatable bonds is 1. The lowest BCUT2D eigenvalue weighted by Gasteiger charge is -1.73. The Bertz CT molecular complexity index is 129. The van der Waals surface area contributed by atoms with Gasteiger partial charge in [0.15, 0.2) is 0 Å². The molecule has 0 heteroatoms. The normalized spacial score (nSPS) is 32.2. The van der Waals surface area contributed by atoms with Crippen LogP contribution >= 0.6 is 0 Å². The molecule has 1 fully saturated rings. The van der Waals surface area contributed by atoms with Gasteiger partial charge in [0.05, 0.1) is 0 Å². The molecule has 0 aromatic heterocycles. The summed E-state index contributed by atoms with van der Waals surface area (Å²) in [5.41, 5.74) is 1.60. The monoisotopic (exact) mass is 108 g/mol. The molecule has 0 aromatic carbocycles. The molecule has 1 rings (SSSR count). The number of allylic oxidation sites excluding steroid dienone is 4.